The van der Waals surface area contributed by atoms with Crippen LogP contribution in [0.25, 0.3) is 11.3 Å². The minimum Gasteiger partial charge on any atom is -0.454 e. The second-order valence-corrected chi connectivity index (χ2v) is 6.81. The monoisotopic (exact) mass is 447 g/mol. The smallest absolute Gasteiger partial charge is 0.454 e. The van der Waals surface area contributed by atoms with Crippen molar-refractivity contribution in [3.63, 3.8) is 0 Å². The fraction of sp³-hybridized carbons (Fsp3) is 0.190. The summed E-state index contributed by atoms with van der Waals surface area (Å²) in [6.45, 7) is 1.60. The van der Waals surface area contributed by atoms with Crippen LogP contribution in [0.2, 0.25) is 0 Å². The van der Waals surface area contributed by atoms with Gasteiger partial charge in [0, 0.05) is 17.3 Å². The number of rotatable bonds is 5. The Balaban J connectivity index is 1.51. The topological polar surface area (TPSA) is 91.7 Å². The van der Waals surface area contributed by atoms with E-state index in [0.717, 1.165) is 16.8 Å². The molecule has 0 aliphatic carbocycles. The van der Waals surface area contributed by atoms with Crippen molar-refractivity contribution in [3.05, 3.63) is 65.0 Å². The molecule has 1 amide bonds. The number of amides is 1. The lowest BCUT2D eigenvalue weighted by Gasteiger charge is -2.15. The Kier molecular flexibility index (Phi) is 5.47. The van der Waals surface area contributed by atoms with Crippen molar-refractivity contribution in [1.82, 2.24) is 9.78 Å². The summed E-state index contributed by atoms with van der Waals surface area (Å²) in [6.07, 6.45) is -4.81. The molecule has 0 saturated heterocycles. The number of nitrogens with one attached hydrogen (secondary N) is 1. The van der Waals surface area contributed by atoms with Crippen LogP contribution >= 0.6 is 0 Å². The standard InChI is InChI=1S/C21H16F3N3O5/c1-12(20(29)25-14-3-5-15(6-4-14)32-21(22,23)24)27-19(28)9-7-16(26-27)13-2-8-17-18(10-13)31-11-30-17/h2-10,12H,11H2,1H3,(H,25,29). The fourth-order valence-corrected chi connectivity index (χ4v) is 3.01. The van der Waals surface area contributed by atoms with E-state index in [1.165, 1.54) is 31.2 Å². The van der Waals surface area contributed by atoms with Crippen molar-refractivity contribution in [2.75, 3.05) is 12.1 Å². The first-order valence-electron chi connectivity index (χ1n) is 9.36. The number of anilines is 1. The molecule has 1 aromatic heterocycles. The fourth-order valence-electron chi connectivity index (χ4n) is 3.01. The van der Waals surface area contributed by atoms with Crippen LogP contribution in [0.15, 0.2) is 59.4 Å². The normalized spacial score (nSPS) is 13.5. The molecule has 8 nitrogen and oxygen atoms in total. The third-order valence-corrected chi connectivity index (χ3v) is 4.60. The summed E-state index contributed by atoms with van der Waals surface area (Å²) in [5.41, 5.74) is 0.842. The van der Waals surface area contributed by atoms with E-state index >= 15 is 0 Å². The van der Waals surface area contributed by atoms with Gasteiger partial charge in [0.15, 0.2) is 11.5 Å². The van der Waals surface area contributed by atoms with Crippen LogP contribution in [-0.2, 0) is 4.79 Å². The van der Waals surface area contributed by atoms with Crippen molar-refractivity contribution >= 4 is 11.6 Å². The number of halogens is 3. The molecule has 4 rings (SSSR count). The summed E-state index contributed by atoms with van der Waals surface area (Å²) in [6, 6.07) is 11.7. The van der Waals surface area contributed by atoms with E-state index in [4.69, 9.17) is 9.47 Å². The summed E-state index contributed by atoms with van der Waals surface area (Å²) in [5.74, 6) is 0.150. The molecule has 1 N–H and O–H groups in total. The average Bonchev–Trinajstić information content (AvgIpc) is 3.22. The van der Waals surface area contributed by atoms with E-state index in [-0.39, 0.29) is 12.5 Å². The van der Waals surface area contributed by atoms with Gasteiger partial charge >= 0.3 is 6.36 Å². The summed E-state index contributed by atoms with van der Waals surface area (Å²) in [5, 5.41) is 6.83. The molecule has 1 aliphatic rings. The zero-order valence-electron chi connectivity index (χ0n) is 16.6. The third-order valence-electron chi connectivity index (χ3n) is 4.60. The molecular formula is C21H16F3N3O5. The maximum Gasteiger partial charge on any atom is 0.573 e. The van der Waals surface area contributed by atoms with Gasteiger partial charge in [0.1, 0.15) is 11.8 Å². The Hall–Kier alpha value is -4.02. The number of benzene rings is 2. The molecule has 166 valence electrons. The molecule has 0 fully saturated rings. The summed E-state index contributed by atoms with van der Waals surface area (Å²) in [7, 11) is 0. The third kappa shape index (κ3) is 4.66. The Labute approximate surface area is 179 Å². The van der Waals surface area contributed by atoms with E-state index in [9.17, 15) is 22.8 Å². The summed E-state index contributed by atoms with van der Waals surface area (Å²) >= 11 is 0. The van der Waals surface area contributed by atoms with E-state index in [1.807, 2.05) is 0 Å². The van der Waals surface area contributed by atoms with Crippen molar-refractivity contribution in [2.45, 2.75) is 19.3 Å². The van der Waals surface area contributed by atoms with Gasteiger partial charge < -0.3 is 19.5 Å². The van der Waals surface area contributed by atoms with Crippen LogP contribution in [0.4, 0.5) is 18.9 Å². The molecule has 32 heavy (non-hydrogen) atoms. The Morgan fingerprint density at radius 3 is 2.53 bits per heavy atom. The zero-order chi connectivity index (χ0) is 22.9. The highest BCUT2D eigenvalue weighted by atomic mass is 19.4. The van der Waals surface area contributed by atoms with Gasteiger partial charge in [-0.3, -0.25) is 9.59 Å². The number of hydrogen-bond donors (Lipinski definition) is 1. The quantitative estimate of drug-likeness (QED) is 0.641. The highest BCUT2D eigenvalue weighted by molar-refractivity contribution is 5.93. The lowest BCUT2D eigenvalue weighted by atomic mass is 10.1. The van der Waals surface area contributed by atoms with Gasteiger partial charge in [0.05, 0.1) is 5.69 Å². The van der Waals surface area contributed by atoms with Crippen molar-refractivity contribution in [2.24, 2.45) is 0 Å². The van der Waals surface area contributed by atoms with Gasteiger partial charge in [-0.1, -0.05) is 0 Å². The van der Waals surface area contributed by atoms with Gasteiger partial charge in [0.25, 0.3) is 5.56 Å². The van der Waals surface area contributed by atoms with Gasteiger partial charge in [-0.2, -0.15) is 5.10 Å². The van der Waals surface area contributed by atoms with E-state index in [0.29, 0.717) is 22.8 Å². The first-order chi connectivity index (χ1) is 15.2. The number of fused-ring (bicyclic) bond motifs is 1. The number of hydrogen-bond acceptors (Lipinski definition) is 6. The molecule has 0 radical (unpaired) electrons. The predicted molar refractivity (Wildman–Crippen MR) is 107 cm³/mol. The van der Waals surface area contributed by atoms with E-state index < -0.39 is 29.6 Å². The van der Waals surface area contributed by atoms with Crippen LogP contribution in [-0.4, -0.2) is 28.8 Å². The highest BCUT2D eigenvalue weighted by Gasteiger charge is 2.31. The minimum atomic E-state index is -4.81. The van der Waals surface area contributed by atoms with Gasteiger partial charge in [-0.05, 0) is 55.5 Å². The molecule has 1 atom stereocenters. The average molecular weight is 447 g/mol. The highest BCUT2D eigenvalue weighted by Crippen LogP contribution is 2.35. The number of ether oxygens (including phenoxy) is 3. The molecule has 3 aromatic rings. The van der Waals surface area contributed by atoms with Crippen molar-refractivity contribution in [3.8, 4) is 28.5 Å². The van der Waals surface area contributed by atoms with Crippen LogP contribution in [0.3, 0.4) is 0 Å². The Morgan fingerprint density at radius 2 is 1.81 bits per heavy atom. The molecule has 1 unspecified atom stereocenters. The minimum absolute atomic E-state index is 0.117. The zero-order valence-corrected chi connectivity index (χ0v) is 16.6. The Morgan fingerprint density at radius 1 is 1.09 bits per heavy atom. The van der Waals surface area contributed by atoms with Crippen LogP contribution in [0.1, 0.15) is 13.0 Å². The molecule has 11 heteroatoms. The van der Waals surface area contributed by atoms with Gasteiger partial charge in [0.2, 0.25) is 12.7 Å². The molecule has 1 aliphatic heterocycles. The molecule has 2 heterocycles. The van der Waals surface area contributed by atoms with Crippen LogP contribution in [0.5, 0.6) is 17.2 Å². The lowest BCUT2D eigenvalue weighted by molar-refractivity contribution is -0.274. The predicted octanol–water partition coefficient (Wildman–Crippen LogP) is 3.74. The molecular weight excluding hydrogens is 431 g/mol. The number of carbonyl (C=O) groups is 1. The van der Waals surface area contributed by atoms with Gasteiger partial charge in [-0.15, -0.1) is 13.2 Å². The second kappa shape index (κ2) is 8.25. The van der Waals surface area contributed by atoms with E-state index in [1.54, 1.807) is 18.2 Å². The van der Waals surface area contributed by atoms with Crippen molar-refractivity contribution in [1.29, 1.82) is 0 Å². The number of alkyl halides is 3. The van der Waals surface area contributed by atoms with Gasteiger partial charge in [-0.25, -0.2) is 4.68 Å². The largest absolute Gasteiger partial charge is 0.573 e. The molecule has 0 bridgehead atoms. The Bertz CT molecular complexity index is 1210. The number of nitrogens with zero attached hydrogens (tertiary/aromatic N) is 2. The first-order valence-corrected chi connectivity index (χ1v) is 9.36. The van der Waals surface area contributed by atoms with Crippen molar-refractivity contribution < 1.29 is 32.2 Å². The molecule has 2 aromatic carbocycles. The number of carbonyl (C=O) groups excluding carboxylic acids is 1. The van der Waals surface area contributed by atoms with E-state index in [2.05, 4.69) is 15.2 Å². The molecule has 0 spiro atoms. The first kappa shape index (κ1) is 21.2. The summed E-state index contributed by atoms with van der Waals surface area (Å²) < 4.78 is 52.2. The second-order valence-electron chi connectivity index (χ2n) is 6.81. The number of aromatic nitrogens is 2. The van der Waals surface area contributed by atoms with Crippen LogP contribution < -0.4 is 25.1 Å². The van der Waals surface area contributed by atoms with Crippen LogP contribution in [0, 0.1) is 0 Å². The summed E-state index contributed by atoms with van der Waals surface area (Å²) in [4.78, 5) is 24.9. The maximum atomic E-state index is 12.6. The lowest BCUT2D eigenvalue weighted by Crippen LogP contribution is -2.33. The maximum absolute atomic E-state index is 12.6. The SMILES string of the molecule is CC(C(=O)Nc1ccc(OC(F)(F)F)cc1)n1nc(-c2ccc3c(c2)OCO3)ccc1=O. The molecule has 0 saturated carbocycles.